The Kier molecular flexibility index (Phi) is 1.88. The third-order valence-corrected chi connectivity index (χ3v) is 8.24. The van der Waals surface area contributed by atoms with Crippen molar-refractivity contribution in [1.29, 1.82) is 0 Å². The molecule has 0 radical (unpaired) electrons. The molecule has 3 heteroatoms. The second-order valence-electron chi connectivity index (χ2n) is 5.05. The molecule has 3 atom stereocenters. The standard InChI is InChI=1S/C10H14Br2O/c1-8(2)9(3)4-5-10(8,12)6(11)7(9)13/h6H,4-5H2,1-3H3/t6-,9+,10+/m0/s1. The predicted molar refractivity (Wildman–Crippen MR) is 60.5 cm³/mol. The van der Waals surface area contributed by atoms with Crippen molar-refractivity contribution in [2.24, 2.45) is 10.8 Å². The molecule has 0 heterocycles. The van der Waals surface area contributed by atoms with Crippen LogP contribution in [0.5, 0.6) is 0 Å². The van der Waals surface area contributed by atoms with Crippen molar-refractivity contribution < 1.29 is 4.79 Å². The van der Waals surface area contributed by atoms with E-state index >= 15 is 0 Å². The molecule has 74 valence electrons. The average molecular weight is 310 g/mol. The number of fused-ring (bicyclic) bond motifs is 2. The first-order valence-corrected chi connectivity index (χ1v) is 6.35. The van der Waals surface area contributed by atoms with Gasteiger partial charge < -0.3 is 0 Å². The fraction of sp³-hybridized carbons (Fsp3) is 0.900. The van der Waals surface area contributed by atoms with Crippen LogP contribution < -0.4 is 0 Å². The molecule has 0 unspecified atom stereocenters. The fourth-order valence-electron chi connectivity index (χ4n) is 2.88. The van der Waals surface area contributed by atoms with Gasteiger partial charge in [0.15, 0.2) is 5.78 Å². The zero-order valence-corrected chi connectivity index (χ0v) is 11.3. The van der Waals surface area contributed by atoms with E-state index in [4.69, 9.17) is 0 Å². The van der Waals surface area contributed by atoms with Gasteiger partial charge in [0, 0.05) is 5.41 Å². The van der Waals surface area contributed by atoms with E-state index in [1.807, 2.05) is 0 Å². The van der Waals surface area contributed by atoms with Gasteiger partial charge in [0.2, 0.25) is 0 Å². The molecular weight excluding hydrogens is 296 g/mol. The lowest BCUT2D eigenvalue weighted by Gasteiger charge is -2.36. The number of alkyl halides is 2. The van der Waals surface area contributed by atoms with Gasteiger partial charge in [-0.25, -0.2) is 0 Å². The maximum absolute atomic E-state index is 12.0. The van der Waals surface area contributed by atoms with E-state index in [0.717, 1.165) is 12.8 Å². The number of hydrogen-bond donors (Lipinski definition) is 0. The molecule has 0 amide bonds. The monoisotopic (exact) mass is 308 g/mol. The van der Waals surface area contributed by atoms with Crippen LogP contribution in [-0.2, 0) is 4.79 Å². The van der Waals surface area contributed by atoms with Crippen LogP contribution in [0, 0.1) is 10.8 Å². The second-order valence-corrected chi connectivity index (χ2v) is 7.38. The minimum atomic E-state index is -0.134. The molecule has 0 aromatic rings. The first-order valence-electron chi connectivity index (χ1n) is 4.65. The molecule has 2 aliphatic carbocycles. The lowest BCUT2D eigenvalue weighted by atomic mass is 9.70. The predicted octanol–water partition coefficient (Wildman–Crippen LogP) is 3.29. The molecule has 2 rings (SSSR count). The molecule has 0 aromatic carbocycles. The molecule has 0 N–H and O–H groups in total. The molecule has 0 aromatic heterocycles. The van der Waals surface area contributed by atoms with Gasteiger partial charge >= 0.3 is 0 Å². The highest BCUT2D eigenvalue weighted by molar-refractivity contribution is 9.12. The zero-order valence-electron chi connectivity index (χ0n) is 8.16. The molecule has 13 heavy (non-hydrogen) atoms. The number of halogens is 2. The minimum Gasteiger partial charge on any atom is -0.298 e. The third kappa shape index (κ3) is 0.823. The number of ketones is 1. The van der Waals surface area contributed by atoms with Crippen molar-refractivity contribution in [3.05, 3.63) is 0 Å². The largest absolute Gasteiger partial charge is 0.298 e. The molecule has 2 bridgehead atoms. The molecule has 0 spiro atoms. The van der Waals surface area contributed by atoms with Gasteiger partial charge in [-0.2, -0.15) is 0 Å². The van der Waals surface area contributed by atoms with Crippen LogP contribution in [0.15, 0.2) is 0 Å². The minimum absolute atomic E-state index is 0.00579. The van der Waals surface area contributed by atoms with Gasteiger partial charge in [0.25, 0.3) is 0 Å². The van der Waals surface area contributed by atoms with Crippen LogP contribution in [0.1, 0.15) is 33.6 Å². The van der Waals surface area contributed by atoms with Crippen LogP contribution in [0.25, 0.3) is 0 Å². The normalized spacial score (nSPS) is 53.0. The first-order chi connectivity index (χ1) is 5.77. The Hall–Kier alpha value is 0.630. The summed E-state index contributed by atoms with van der Waals surface area (Å²) in [6, 6.07) is 0. The summed E-state index contributed by atoms with van der Waals surface area (Å²) in [5, 5.41) is 0. The summed E-state index contributed by atoms with van der Waals surface area (Å²) in [7, 11) is 0. The molecular formula is C10H14Br2O. The Morgan fingerprint density at radius 3 is 2.08 bits per heavy atom. The van der Waals surface area contributed by atoms with Gasteiger partial charge in [0.1, 0.15) is 0 Å². The highest BCUT2D eigenvalue weighted by Crippen LogP contribution is 2.70. The van der Waals surface area contributed by atoms with E-state index in [-0.39, 0.29) is 20.0 Å². The SMILES string of the molecule is CC1(C)[C@@]2(Br)CC[C@]1(C)C(=O)[C@@H]2Br. The van der Waals surface area contributed by atoms with Crippen molar-refractivity contribution in [2.45, 2.75) is 42.8 Å². The van der Waals surface area contributed by atoms with E-state index in [1.165, 1.54) is 0 Å². The number of carbonyl (C=O) groups is 1. The summed E-state index contributed by atoms with van der Waals surface area (Å²) < 4.78 is -0.0220. The average Bonchev–Trinajstić information content (AvgIpc) is 2.28. The van der Waals surface area contributed by atoms with E-state index in [9.17, 15) is 4.79 Å². The van der Waals surface area contributed by atoms with Crippen molar-refractivity contribution in [3.8, 4) is 0 Å². The summed E-state index contributed by atoms with van der Waals surface area (Å²) in [6.07, 6.45) is 2.12. The maximum Gasteiger partial charge on any atom is 0.154 e. The van der Waals surface area contributed by atoms with E-state index < -0.39 is 0 Å². The Balaban J connectivity index is 2.61. The van der Waals surface area contributed by atoms with Crippen LogP contribution in [0.3, 0.4) is 0 Å². The van der Waals surface area contributed by atoms with Gasteiger partial charge in [-0.1, -0.05) is 52.6 Å². The number of Topliss-reactive ketones (excluding diaryl/α,β-unsaturated/α-hetero) is 1. The fourth-order valence-corrected chi connectivity index (χ4v) is 5.03. The number of rotatable bonds is 0. The Morgan fingerprint density at radius 1 is 1.31 bits per heavy atom. The molecule has 2 aliphatic rings. The number of hydrogen-bond acceptors (Lipinski definition) is 1. The summed E-state index contributed by atoms with van der Waals surface area (Å²) in [6.45, 7) is 6.52. The van der Waals surface area contributed by atoms with Crippen LogP contribution in [0.4, 0.5) is 0 Å². The smallest absolute Gasteiger partial charge is 0.154 e. The summed E-state index contributed by atoms with van der Waals surface area (Å²) in [5.74, 6) is 0.376. The molecule has 0 aliphatic heterocycles. The van der Waals surface area contributed by atoms with Crippen molar-refractivity contribution in [1.82, 2.24) is 0 Å². The van der Waals surface area contributed by atoms with Crippen molar-refractivity contribution in [2.75, 3.05) is 0 Å². The summed E-state index contributed by atoms with van der Waals surface area (Å²) in [4.78, 5) is 12.0. The van der Waals surface area contributed by atoms with Gasteiger partial charge in [-0.3, -0.25) is 4.79 Å². The van der Waals surface area contributed by atoms with Crippen LogP contribution in [-0.4, -0.2) is 14.9 Å². The summed E-state index contributed by atoms with van der Waals surface area (Å²) >= 11 is 7.31. The third-order valence-electron chi connectivity index (χ3n) is 4.58. The number of carbonyl (C=O) groups excluding carboxylic acids is 1. The van der Waals surface area contributed by atoms with Crippen molar-refractivity contribution >= 4 is 37.6 Å². The van der Waals surface area contributed by atoms with Gasteiger partial charge in [-0.05, 0) is 18.3 Å². The maximum atomic E-state index is 12.0. The molecule has 2 saturated carbocycles. The lowest BCUT2D eigenvalue weighted by Crippen LogP contribution is -2.38. The topological polar surface area (TPSA) is 17.1 Å². The van der Waals surface area contributed by atoms with Crippen molar-refractivity contribution in [3.63, 3.8) is 0 Å². The molecule has 2 fully saturated rings. The van der Waals surface area contributed by atoms with E-state index in [0.29, 0.717) is 5.78 Å². The zero-order chi connectivity index (χ0) is 10.1. The Labute approximate surface area is 95.9 Å². The molecule has 1 nitrogen and oxygen atoms in total. The Bertz CT molecular complexity index is 284. The Morgan fingerprint density at radius 2 is 1.85 bits per heavy atom. The molecule has 0 saturated heterocycles. The summed E-state index contributed by atoms with van der Waals surface area (Å²) in [5.41, 5.74) is -0.0735. The van der Waals surface area contributed by atoms with Gasteiger partial charge in [0.05, 0.1) is 9.15 Å². The van der Waals surface area contributed by atoms with Crippen LogP contribution in [0.2, 0.25) is 0 Å². The highest BCUT2D eigenvalue weighted by Gasteiger charge is 2.73. The highest BCUT2D eigenvalue weighted by atomic mass is 79.9. The van der Waals surface area contributed by atoms with Crippen LogP contribution >= 0.6 is 31.9 Å². The quantitative estimate of drug-likeness (QED) is 0.628. The second kappa shape index (κ2) is 2.41. The lowest BCUT2D eigenvalue weighted by molar-refractivity contribution is -0.127. The first kappa shape index (κ1) is 10.2. The van der Waals surface area contributed by atoms with E-state index in [1.54, 1.807) is 0 Å². The van der Waals surface area contributed by atoms with E-state index in [2.05, 4.69) is 52.6 Å². The van der Waals surface area contributed by atoms with Gasteiger partial charge in [-0.15, -0.1) is 0 Å².